The maximum atomic E-state index is 5.31. The summed E-state index contributed by atoms with van der Waals surface area (Å²) in [5, 5.41) is 0. The first-order chi connectivity index (χ1) is 9.36. The van der Waals surface area contributed by atoms with Gasteiger partial charge in [0.25, 0.3) is 0 Å². The van der Waals surface area contributed by atoms with Gasteiger partial charge in [-0.15, -0.1) is 0 Å². The minimum atomic E-state index is 0.948. The molecule has 1 aliphatic carbocycles. The van der Waals surface area contributed by atoms with Gasteiger partial charge in [0.05, 0.1) is 7.11 Å². The number of aryl methyl sites for hydroxylation is 1. The molecule has 0 bridgehead atoms. The van der Waals surface area contributed by atoms with Crippen LogP contribution >= 0.6 is 0 Å². The van der Waals surface area contributed by atoms with Crippen LogP contribution in [0.15, 0.2) is 42.7 Å². The van der Waals surface area contributed by atoms with Crippen LogP contribution in [-0.4, -0.2) is 12.1 Å². The Balaban J connectivity index is 2.01. The fourth-order valence-corrected chi connectivity index (χ4v) is 2.63. The van der Waals surface area contributed by atoms with Crippen molar-refractivity contribution >= 4 is 11.6 Å². The maximum absolute atomic E-state index is 5.31. The number of allylic oxidation sites excluding steroid dienone is 1. The number of pyridine rings is 1. The highest BCUT2D eigenvalue weighted by molar-refractivity contribution is 5.83. The van der Waals surface area contributed by atoms with Crippen LogP contribution in [0.5, 0.6) is 5.75 Å². The zero-order chi connectivity index (χ0) is 13.1. The Morgan fingerprint density at radius 2 is 1.95 bits per heavy atom. The van der Waals surface area contributed by atoms with Crippen LogP contribution in [0.25, 0.3) is 11.6 Å². The lowest BCUT2D eigenvalue weighted by atomic mass is 9.86. The first-order valence-electron chi connectivity index (χ1n) is 6.65. The predicted molar refractivity (Wildman–Crippen MR) is 78.0 cm³/mol. The highest BCUT2D eigenvalue weighted by Gasteiger charge is 2.14. The van der Waals surface area contributed by atoms with Crippen molar-refractivity contribution in [3.63, 3.8) is 0 Å². The first kappa shape index (κ1) is 12.0. The van der Waals surface area contributed by atoms with E-state index in [0.717, 1.165) is 18.6 Å². The number of hydrogen-bond acceptors (Lipinski definition) is 2. The van der Waals surface area contributed by atoms with Crippen LogP contribution in [-0.2, 0) is 6.42 Å². The molecule has 1 aromatic heterocycles. The Hall–Kier alpha value is -2.09. The molecule has 0 unspecified atom stereocenters. The van der Waals surface area contributed by atoms with E-state index in [4.69, 9.17) is 4.74 Å². The zero-order valence-electron chi connectivity index (χ0n) is 11.1. The van der Waals surface area contributed by atoms with Gasteiger partial charge in [0, 0.05) is 12.4 Å². The lowest BCUT2D eigenvalue weighted by Gasteiger charge is -2.20. The molecular formula is C17H17NO. The first-order valence-corrected chi connectivity index (χ1v) is 6.65. The van der Waals surface area contributed by atoms with Gasteiger partial charge < -0.3 is 4.74 Å². The van der Waals surface area contributed by atoms with Crippen molar-refractivity contribution in [3.05, 3.63) is 59.4 Å². The molecular weight excluding hydrogens is 234 g/mol. The second-order valence-electron chi connectivity index (χ2n) is 4.83. The van der Waals surface area contributed by atoms with Crippen molar-refractivity contribution < 1.29 is 4.74 Å². The van der Waals surface area contributed by atoms with E-state index in [-0.39, 0.29) is 0 Å². The van der Waals surface area contributed by atoms with E-state index in [1.807, 2.05) is 30.6 Å². The second kappa shape index (κ2) is 5.27. The van der Waals surface area contributed by atoms with Crippen LogP contribution < -0.4 is 4.74 Å². The standard InChI is InChI=1S/C17H17NO/c1-19-16-5-6-17-14(3-2-4-15(17)12-16)11-13-7-9-18-10-8-13/h5-12H,2-4H2,1H3. The molecule has 0 aliphatic heterocycles. The van der Waals surface area contributed by atoms with Crippen LogP contribution in [0.1, 0.15) is 29.5 Å². The van der Waals surface area contributed by atoms with Crippen molar-refractivity contribution in [3.8, 4) is 5.75 Å². The number of benzene rings is 1. The molecule has 0 N–H and O–H groups in total. The smallest absolute Gasteiger partial charge is 0.119 e. The van der Waals surface area contributed by atoms with E-state index in [0.29, 0.717) is 0 Å². The molecule has 1 heterocycles. The minimum Gasteiger partial charge on any atom is -0.497 e. The van der Waals surface area contributed by atoms with E-state index < -0.39 is 0 Å². The molecule has 1 aliphatic rings. The van der Waals surface area contributed by atoms with E-state index in [2.05, 4.69) is 23.2 Å². The average Bonchev–Trinajstić information content (AvgIpc) is 2.48. The average molecular weight is 251 g/mol. The van der Waals surface area contributed by atoms with Gasteiger partial charge in [-0.25, -0.2) is 0 Å². The van der Waals surface area contributed by atoms with Gasteiger partial charge in [-0.1, -0.05) is 12.1 Å². The molecule has 0 fully saturated rings. The molecule has 2 heteroatoms. The topological polar surface area (TPSA) is 22.1 Å². The third-order valence-electron chi connectivity index (χ3n) is 3.60. The van der Waals surface area contributed by atoms with Gasteiger partial charge in [-0.3, -0.25) is 4.98 Å². The lowest BCUT2D eigenvalue weighted by Crippen LogP contribution is -2.02. The summed E-state index contributed by atoms with van der Waals surface area (Å²) >= 11 is 0. The summed E-state index contributed by atoms with van der Waals surface area (Å²) in [4.78, 5) is 4.06. The molecule has 2 aromatic rings. The summed E-state index contributed by atoms with van der Waals surface area (Å²) in [6.07, 6.45) is 9.43. The second-order valence-corrected chi connectivity index (χ2v) is 4.83. The number of methoxy groups -OCH3 is 1. The van der Waals surface area contributed by atoms with Gasteiger partial charge in [0.2, 0.25) is 0 Å². The van der Waals surface area contributed by atoms with Crippen LogP contribution in [0.3, 0.4) is 0 Å². The molecule has 0 saturated heterocycles. The predicted octanol–water partition coefficient (Wildman–Crippen LogP) is 3.97. The number of ether oxygens (including phenoxy) is 1. The van der Waals surface area contributed by atoms with E-state index in [1.165, 1.54) is 28.7 Å². The fraction of sp³-hybridized carbons (Fsp3) is 0.235. The summed E-state index contributed by atoms with van der Waals surface area (Å²) in [5.41, 5.74) is 5.39. The molecule has 0 spiro atoms. The Morgan fingerprint density at radius 3 is 2.74 bits per heavy atom. The van der Waals surface area contributed by atoms with Crippen molar-refractivity contribution in [1.82, 2.24) is 4.98 Å². The molecule has 1 aromatic carbocycles. The molecule has 2 nitrogen and oxygen atoms in total. The van der Waals surface area contributed by atoms with Crippen molar-refractivity contribution in [2.75, 3.05) is 7.11 Å². The SMILES string of the molecule is COc1ccc2c(c1)CCCC2=Cc1ccncc1. The Morgan fingerprint density at radius 1 is 1.11 bits per heavy atom. The summed E-state index contributed by atoms with van der Waals surface area (Å²) in [6, 6.07) is 10.5. The van der Waals surface area contributed by atoms with Gasteiger partial charge in [-0.05, 0) is 65.8 Å². The quantitative estimate of drug-likeness (QED) is 0.805. The fourth-order valence-electron chi connectivity index (χ4n) is 2.63. The van der Waals surface area contributed by atoms with Crippen molar-refractivity contribution in [2.45, 2.75) is 19.3 Å². The molecule has 3 rings (SSSR count). The molecule has 0 atom stereocenters. The van der Waals surface area contributed by atoms with E-state index in [9.17, 15) is 0 Å². The van der Waals surface area contributed by atoms with Gasteiger partial charge in [0.15, 0.2) is 0 Å². The minimum absolute atomic E-state index is 0.948. The van der Waals surface area contributed by atoms with Crippen LogP contribution in [0.4, 0.5) is 0 Å². The number of rotatable bonds is 2. The number of hydrogen-bond donors (Lipinski definition) is 0. The molecule has 0 saturated carbocycles. The number of nitrogens with zero attached hydrogens (tertiary/aromatic N) is 1. The third kappa shape index (κ3) is 2.53. The number of aromatic nitrogens is 1. The molecule has 19 heavy (non-hydrogen) atoms. The Bertz CT molecular complexity index is 602. The normalized spacial score (nSPS) is 16.2. The third-order valence-corrected chi connectivity index (χ3v) is 3.60. The lowest BCUT2D eigenvalue weighted by molar-refractivity contribution is 0.414. The van der Waals surface area contributed by atoms with Crippen molar-refractivity contribution in [1.29, 1.82) is 0 Å². The highest BCUT2D eigenvalue weighted by atomic mass is 16.5. The summed E-state index contributed by atoms with van der Waals surface area (Å²) in [5.74, 6) is 0.948. The van der Waals surface area contributed by atoms with Gasteiger partial charge in [0.1, 0.15) is 5.75 Å². The Kier molecular flexibility index (Phi) is 3.32. The molecule has 0 amide bonds. The van der Waals surface area contributed by atoms with Crippen LogP contribution in [0.2, 0.25) is 0 Å². The van der Waals surface area contributed by atoms with Crippen molar-refractivity contribution in [2.24, 2.45) is 0 Å². The number of fused-ring (bicyclic) bond motifs is 1. The van der Waals surface area contributed by atoms with Crippen LogP contribution in [0, 0.1) is 0 Å². The molecule has 96 valence electrons. The summed E-state index contributed by atoms with van der Waals surface area (Å²) in [6.45, 7) is 0. The maximum Gasteiger partial charge on any atom is 0.119 e. The largest absolute Gasteiger partial charge is 0.497 e. The monoisotopic (exact) mass is 251 g/mol. The Labute approximate surface area is 113 Å². The van der Waals surface area contributed by atoms with E-state index in [1.54, 1.807) is 7.11 Å². The van der Waals surface area contributed by atoms with E-state index >= 15 is 0 Å². The summed E-state index contributed by atoms with van der Waals surface area (Å²) in [7, 11) is 1.72. The molecule has 0 radical (unpaired) electrons. The van der Waals surface area contributed by atoms with Gasteiger partial charge in [-0.2, -0.15) is 0 Å². The van der Waals surface area contributed by atoms with Gasteiger partial charge >= 0.3 is 0 Å². The highest BCUT2D eigenvalue weighted by Crippen LogP contribution is 2.34. The summed E-state index contributed by atoms with van der Waals surface area (Å²) < 4.78 is 5.31. The zero-order valence-corrected chi connectivity index (χ0v) is 11.1.